The fourth-order valence-electron chi connectivity index (χ4n) is 12.6. The van der Waals surface area contributed by atoms with Crippen LogP contribution >= 0.6 is 11.3 Å². The molecule has 0 fully saturated rings. The minimum absolute atomic E-state index is 0.0203. The SMILES string of the molecule is CC(C)(C)c1ccc(N2B3c4cc5c(cc4-n4c6ccc7c8ccccc8oc7c6c6ccc(c3c64)-c3cc4oc6cc7c(cc6c4cc32)C(C)(C)CCC7(C)C)sc2ccccc25)cc1. The molecule has 0 N–H and O–H groups in total. The molecule has 0 amide bonds. The average Bonchev–Trinajstić information content (AvgIpc) is 4.06. The number of anilines is 2. The van der Waals surface area contributed by atoms with Crippen molar-refractivity contribution in [1.29, 1.82) is 0 Å². The molecular weight excluding hydrogens is 824 g/mol. The maximum absolute atomic E-state index is 7.03. The minimum atomic E-state index is -0.124. The van der Waals surface area contributed by atoms with E-state index in [0.717, 1.165) is 39.5 Å². The lowest BCUT2D eigenvalue weighted by Gasteiger charge is -2.42. The molecule has 1 aliphatic carbocycles. The number of para-hydroxylation sites is 1. The zero-order chi connectivity index (χ0) is 44.3. The van der Waals surface area contributed by atoms with Crippen LogP contribution in [0, 0.1) is 0 Å². The van der Waals surface area contributed by atoms with E-state index < -0.39 is 0 Å². The van der Waals surface area contributed by atoms with E-state index in [4.69, 9.17) is 8.83 Å². The van der Waals surface area contributed by atoms with Crippen molar-refractivity contribution in [2.24, 2.45) is 0 Å². The van der Waals surface area contributed by atoms with E-state index in [-0.39, 0.29) is 23.1 Å². The zero-order valence-electron chi connectivity index (χ0n) is 38.3. The maximum atomic E-state index is 7.03. The van der Waals surface area contributed by atoms with E-state index in [9.17, 15) is 0 Å². The van der Waals surface area contributed by atoms with E-state index in [2.05, 4.69) is 191 Å². The second-order valence-electron chi connectivity index (χ2n) is 21.9. The van der Waals surface area contributed by atoms with Crippen molar-refractivity contribution in [1.82, 2.24) is 4.57 Å². The zero-order valence-corrected chi connectivity index (χ0v) is 39.1. The highest BCUT2D eigenvalue weighted by Crippen LogP contribution is 2.52. The van der Waals surface area contributed by atoms with E-state index in [1.165, 1.54) is 115 Å². The van der Waals surface area contributed by atoms with Crippen LogP contribution in [-0.2, 0) is 16.2 Å². The lowest BCUT2D eigenvalue weighted by Crippen LogP contribution is -2.60. The average molecular weight is 871 g/mol. The number of nitrogens with zero attached hydrogens (tertiary/aromatic N) is 2. The molecule has 3 aliphatic rings. The Hall–Kier alpha value is -6.76. The third kappa shape index (κ3) is 4.70. The number of fused-ring (bicyclic) bond motifs is 19. The highest BCUT2D eigenvalue weighted by molar-refractivity contribution is 7.26. The van der Waals surface area contributed by atoms with Gasteiger partial charge in [0.1, 0.15) is 22.3 Å². The molecule has 12 aromatic rings. The van der Waals surface area contributed by atoms with Crippen molar-refractivity contribution < 1.29 is 8.83 Å². The molecular formula is C60H47BN2O2S. The van der Waals surface area contributed by atoms with Gasteiger partial charge < -0.3 is 18.2 Å². The highest BCUT2D eigenvalue weighted by atomic mass is 32.1. The summed E-state index contributed by atoms with van der Waals surface area (Å²) in [6.07, 6.45) is 2.33. The summed E-state index contributed by atoms with van der Waals surface area (Å²) in [5.41, 5.74) is 19.2. The van der Waals surface area contributed by atoms with Crippen LogP contribution in [0.15, 0.2) is 142 Å². The summed E-state index contributed by atoms with van der Waals surface area (Å²) in [7, 11) is 0. The smallest absolute Gasteiger partial charge is 0.333 e. The van der Waals surface area contributed by atoms with Crippen LogP contribution in [0.3, 0.4) is 0 Å². The Bertz CT molecular complexity index is 4170. The van der Waals surface area contributed by atoms with Crippen molar-refractivity contribution >= 4 is 126 Å². The molecule has 4 aromatic heterocycles. The van der Waals surface area contributed by atoms with Crippen LogP contribution in [0.4, 0.5) is 11.4 Å². The molecule has 0 saturated carbocycles. The fourth-order valence-corrected chi connectivity index (χ4v) is 13.7. The van der Waals surface area contributed by atoms with Gasteiger partial charge in [0, 0.05) is 69.7 Å². The van der Waals surface area contributed by atoms with Gasteiger partial charge in [0.25, 0.3) is 0 Å². The first-order chi connectivity index (χ1) is 31.8. The number of furan rings is 2. The van der Waals surface area contributed by atoms with Gasteiger partial charge in [0.05, 0.1) is 16.4 Å². The Morgan fingerprint density at radius 2 is 1.27 bits per heavy atom. The number of benzene rings is 8. The van der Waals surface area contributed by atoms with Crippen LogP contribution in [0.25, 0.3) is 103 Å². The predicted octanol–water partition coefficient (Wildman–Crippen LogP) is 15.8. The molecule has 318 valence electrons. The van der Waals surface area contributed by atoms with Gasteiger partial charge >= 0.3 is 6.85 Å². The Morgan fingerprint density at radius 3 is 2.08 bits per heavy atom. The maximum Gasteiger partial charge on any atom is 0.333 e. The molecule has 2 aliphatic heterocycles. The number of aromatic nitrogens is 1. The molecule has 0 saturated heterocycles. The molecule has 66 heavy (non-hydrogen) atoms. The first-order valence-corrected chi connectivity index (χ1v) is 24.5. The van der Waals surface area contributed by atoms with Gasteiger partial charge in [-0.15, -0.1) is 11.3 Å². The number of thiophene rings is 1. The van der Waals surface area contributed by atoms with Gasteiger partial charge in [-0.25, -0.2) is 0 Å². The summed E-state index contributed by atoms with van der Waals surface area (Å²) >= 11 is 1.89. The normalized spacial score (nSPS) is 16.2. The summed E-state index contributed by atoms with van der Waals surface area (Å²) in [5.74, 6) is 0. The highest BCUT2D eigenvalue weighted by Gasteiger charge is 2.45. The lowest BCUT2D eigenvalue weighted by molar-refractivity contribution is 0.332. The summed E-state index contributed by atoms with van der Waals surface area (Å²) < 4.78 is 19.1. The third-order valence-corrected chi connectivity index (χ3v) is 17.3. The van der Waals surface area contributed by atoms with Gasteiger partial charge in [0.2, 0.25) is 0 Å². The second kappa shape index (κ2) is 12.2. The number of hydrogen-bond donors (Lipinski definition) is 0. The standard InChI is InChI=1S/C60H47BN2O2S/c1-58(2,3)32-16-18-33(19-17-32)63-47-28-41-40-26-43-44(60(6,7)25-24-59(43,4)5)30-51(40)64-50(41)29-39(47)36-20-21-38-54-46(23-22-37-34-12-8-10-14-49(34)65-57(37)54)62-48-31-53-42(35-13-9-11-15-52(35)66-53)27-45(48)61(63)55(36)56(38)62/h8-23,26-31H,24-25H2,1-7H3. The van der Waals surface area contributed by atoms with Gasteiger partial charge in [-0.3, -0.25) is 0 Å². The quantitative estimate of drug-likeness (QED) is 0.154. The number of rotatable bonds is 1. The van der Waals surface area contributed by atoms with Gasteiger partial charge in [-0.05, 0) is 129 Å². The van der Waals surface area contributed by atoms with Crippen molar-refractivity contribution in [3.63, 3.8) is 0 Å². The van der Waals surface area contributed by atoms with Crippen LogP contribution in [-0.4, -0.2) is 11.4 Å². The third-order valence-electron chi connectivity index (χ3n) is 16.2. The monoisotopic (exact) mass is 870 g/mol. The van der Waals surface area contributed by atoms with Gasteiger partial charge in [0.15, 0.2) is 0 Å². The molecule has 6 heterocycles. The Morgan fingerprint density at radius 1 is 0.561 bits per heavy atom. The van der Waals surface area contributed by atoms with Crippen LogP contribution in [0.2, 0.25) is 0 Å². The van der Waals surface area contributed by atoms with E-state index in [0.29, 0.717) is 0 Å². The van der Waals surface area contributed by atoms with Crippen molar-refractivity contribution in [2.45, 2.75) is 77.6 Å². The first kappa shape index (κ1) is 37.5. The van der Waals surface area contributed by atoms with E-state index in [1.807, 2.05) is 11.3 Å². The summed E-state index contributed by atoms with van der Waals surface area (Å²) in [5, 5.41) is 9.67. The summed E-state index contributed by atoms with van der Waals surface area (Å²) in [4.78, 5) is 2.67. The topological polar surface area (TPSA) is 34.5 Å². The Labute approximate surface area is 387 Å². The predicted molar refractivity (Wildman–Crippen MR) is 281 cm³/mol. The Kier molecular flexibility index (Phi) is 6.91. The molecule has 4 nitrogen and oxygen atoms in total. The molecule has 0 spiro atoms. The second-order valence-corrected chi connectivity index (χ2v) is 23.0. The Balaban J connectivity index is 1.11. The van der Waals surface area contributed by atoms with E-state index >= 15 is 0 Å². The number of hydrogen-bond acceptors (Lipinski definition) is 4. The summed E-state index contributed by atoms with van der Waals surface area (Å²) in [6, 6.07) is 50.9. The fraction of sp³-hybridized carbons (Fsp3) is 0.200. The van der Waals surface area contributed by atoms with Gasteiger partial charge in [-0.1, -0.05) is 115 Å². The minimum Gasteiger partial charge on any atom is -0.456 e. The molecule has 0 radical (unpaired) electrons. The van der Waals surface area contributed by atoms with Crippen molar-refractivity contribution in [3.05, 3.63) is 150 Å². The largest absolute Gasteiger partial charge is 0.456 e. The molecule has 0 atom stereocenters. The van der Waals surface area contributed by atoms with Crippen LogP contribution < -0.4 is 15.7 Å². The molecule has 15 rings (SSSR count). The van der Waals surface area contributed by atoms with Crippen molar-refractivity contribution in [3.8, 4) is 16.8 Å². The van der Waals surface area contributed by atoms with Gasteiger partial charge in [-0.2, -0.15) is 0 Å². The molecule has 0 unspecified atom stereocenters. The van der Waals surface area contributed by atoms with Crippen LogP contribution in [0.5, 0.6) is 0 Å². The van der Waals surface area contributed by atoms with E-state index in [1.54, 1.807) is 0 Å². The lowest BCUT2D eigenvalue weighted by atomic mass is 9.44. The summed E-state index contributed by atoms with van der Waals surface area (Å²) in [6.45, 7) is 16.4. The first-order valence-electron chi connectivity index (χ1n) is 23.6. The van der Waals surface area contributed by atoms with Crippen molar-refractivity contribution in [2.75, 3.05) is 4.81 Å². The van der Waals surface area contributed by atoms with Crippen LogP contribution in [0.1, 0.15) is 78.0 Å². The molecule has 0 bridgehead atoms. The molecule has 8 aromatic carbocycles. The molecule has 6 heteroatoms.